The van der Waals surface area contributed by atoms with Crippen molar-refractivity contribution < 1.29 is 13.9 Å². The fraction of sp³-hybridized carbons (Fsp3) is 0.391. The maximum Gasteiger partial charge on any atom is 0.262 e. The number of benzene rings is 2. The van der Waals surface area contributed by atoms with Crippen molar-refractivity contribution in [1.29, 1.82) is 0 Å². The standard InChI is InChI=1S/C23H26FN5O2/c1-3-15-12-25-8-9-28(15)19-11-20-21(10-17(19)16-6-4-5-7-18(16)24)31-13-22-26-27-23(30)14(2)29(20)22/h4-7,10-11,14-15,25H,3,8-9,12-13H2,1-2H3,(H,27,30)/t14-,15-/m1/s1. The van der Waals surface area contributed by atoms with Crippen LogP contribution in [-0.4, -0.2) is 50.1 Å². The highest BCUT2D eigenvalue weighted by Gasteiger charge is 2.37. The summed E-state index contributed by atoms with van der Waals surface area (Å²) in [7, 11) is 0. The van der Waals surface area contributed by atoms with Crippen LogP contribution in [0.1, 0.15) is 20.3 Å². The minimum absolute atomic E-state index is 0.162. The summed E-state index contributed by atoms with van der Waals surface area (Å²) in [6, 6.07) is 10.7. The molecule has 1 amide bonds. The molecule has 3 aliphatic rings. The third-order valence-corrected chi connectivity index (χ3v) is 6.33. The summed E-state index contributed by atoms with van der Waals surface area (Å²) in [5.41, 5.74) is 5.63. The van der Waals surface area contributed by atoms with Gasteiger partial charge in [0.25, 0.3) is 5.91 Å². The van der Waals surface area contributed by atoms with Crippen LogP contribution < -0.4 is 25.3 Å². The lowest BCUT2D eigenvalue weighted by Crippen LogP contribution is -2.55. The lowest BCUT2D eigenvalue weighted by molar-refractivity contribution is -0.122. The number of piperazine rings is 1. The number of anilines is 2. The molecular formula is C23H26FN5O2. The zero-order valence-corrected chi connectivity index (χ0v) is 17.7. The van der Waals surface area contributed by atoms with Crippen LogP contribution in [0.25, 0.3) is 11.1 Å². The number of fused-ring (bicyclic) bond motifs is 3. The largest absolute Gasteiger partial charge is 0.483 e. The van der Waals surface area contributed by atoms with E-state index in [1.165, 1.54) is 6.07 Å². The van der Waals surface area contributed by atoms with E-state index in [0.29, 0.717) is 17.1 Å². The monoisotopic (exact) mass is 423 g/mol. The van der Waals surface area contributed by atoms with E-state index in [1.807, 2.05) is 30.0 Å². The van der Waals surface area contributed by atoms with Crippen molar-refractivity contribution in [3.8, 4) is 16.9 Å². The van der Waals surface area contributed by atoms with Crippen LogP contribution in [0.5, 0.6) is 5.75 Å². The minimum atomic E-state index is -0.410. The second-order valence-electron chi connectivity index (χ2n) is 8.12. The van der Waals surface area contributed by atoms with Crippen molar-refractivity contribution in [1.82, 2.24) is 10.7 Å². The zero-order chi connectivity index (χ0) is 21.5. The molecule has 7 nitrogen and oxygen atoms in total. The van der Waals surface area contributed by atoms with Crippen molar-refractivity contribution in [3.63, 3.8) is 0 Å². The SMILES string of the molecule is CC[C@@H]1CNCCN1c1cc2c(cc1-c1ccccc1F)OCC1=NNC(=O)[C@@H](C)N12. The van der Waals surface area contributed by atoms with Gasteiger partial charge in [0.05, 0.1) is 5.69 Å². The highest BCUT2D eigenvalue weighted by Crippen LogP contribution is 2.45. The zero-order valence-electron chi connectivity index (χ0n) is 17.7. The summed E-state index contributed by atoms with van der Waals surface area (Å²) in [6.45, 7) is 6.81. The Kier molecular flexibility index (Phi) is 5.02. The number of hydrogen-bond donors (Lipinski definition) is 2. The number of hydrogen-bond acceptors (Lipinski definition) is 6. The molecule has 0 saturated carbocycles. The third kappa shape index (κ3) is 3.31. The molecular weight excluding hydrogens is 397 g/mol. The summed E-state index contributed by atoms with van der Waals surface area (Å²) in [4.78, 5) is 16.6. The molecule has 3 heterocycles. The lowest BCUT2D eigenvalue weighted by atomic mass is 9.97. The first-order chi connectivity index (χ1) is 15.1. The number of carbonyl (C=O) groups excluding carboxylic acids is 1. The van der Waals surface area contributed by atoms with Gasteiger partial charge in [0, 0.05) is 42.5 Å². The molecule has 0 aliphatic carbocycles. The van der Waals surface area contributed by atoms with E-state index in [1.54, 1.807) is 12.1 Å². The number of nitrogens with zero attached hydrogens (tertiary/aromatic N) is 3. The van der Waals surface area contributed by atoms with E-state index in [0.717, 1.165) is 43.0 Å². The Morgan fingerprint density at radius 1 is 1.23 bits per heavy atom. The van der Waals surface area contributed by atoms with Gasteiger partial charge < -0.3 is 19.9 Å². The third-order valence-electron chi connectivity index (χ3n) is 6.33. The van der Waals surface area contributed by atoms with Crippen molar-refractivity contribution in [2.75, 3.05) is 36.0 Å². The first-order valence-corrected chi connectivity index (χ1v) is 10.8. The molecule has 3 aliphatic heterocycles. The van der Waals surface area contributed by atoms with E-state index in [2.05, 4.69) is 27.7 Å². The molecule has 2 aromatic rings. The topological polar surface area (TPSA) is 69.2 Å². The molecule has 2 aromatic carbocycles. The van der Waals surface area contributed by atoms with Crippen LogP contribution in [0, 0.1) is 5.82 Å². The summed E-state index contributed by atoms with van der Waals surface area (Å²) < 4.78 is 20.9. The van der Waals surface area contributed by atoms with Gasteiger partial charge in [-0.1, -0.05) is 25.1 Å². The maximum absolute atomic E-state index is 14.9. The summed E-state index contributed by atoms with van der Waals surface area (Å²) in [5, 5.41) is 7.64. The number of rotatable bonds is 3. The highest BCUT2D eigenvalue weighted by molar-refractivity contribution is 6.10. The Bertz CT molecular complexity index is 1060. The van der Waals surface area contributed by atoms with Crippen LogP contribution in [0.4, 0.5) is 15.8 Å². The Labute approximate surface area is 180 Å². The molecule has 1 saturated heterocycles. The Balaban J connectivity index is 1.71. The number of carbonyl (C=O) groups is 1. The first-order valence-electron chi connectivity index (χ1n) is 10.8. The van der Waals surface area contributed by atoms with Crippen molar-refractivity contribution in [2.45, 2.75) is 32.4 Å². The smallest absolute Gasteiger partial charge is 0.262 e. The van der Waals surface area contributed by atoms with E-state index >= 15 is 0 Å². The molecule has 0 radical (unpaired) electrons. The molecule has 31 heavy (non-hydrogen) atoms. The summed E-state index contributed by atoms with van der Waals surface area (Å²) >= 11 is 0. The highest BCUT2D eigenvalue weighted by atomic mass is 19.1. The quantitative estimate of drug-likeness (QED) is 0.795. The second-order valence-corrected chi connectivity index (χ2v) is 8.12. The van der Waals surface area contributed by atoms with E-state index < -0.39 is 6.04 Å². The molecule has 0 unspecified atom stereocenters. The molecule has 2 atom stereocenters. The minimum Gasteiger partial charge on any atom is -0.483 e. The van der Waals surface area contributed by atoms with Gasteiger partial charge in [-0.25, -0.2) is 9.82 Å². The summed E-state index contributed by atoms with van der Waals surface area (Å²) in [6.07, 6.45) is 0.965. The van der Waals surface area contributed by atoms with Crippen LogP contribution in [-0.2, 0) is 4.79 Å². The molecule has 5 rings (SSSR count). The van der Waals surface area contributed by atoms with E-state index in [4.69, 9.17) is 4.74 Å². The maximum atomic E-state index is 14.9. The van der Waals surface area contributed by atoms with Crippen molar-refractivity contribution >= 4 is 23.1 Å². The molecule has 162 valence electrons. The second kappa shape index (κ2) is 7.85. The fourth-order valence-electron chi connectivity index (χ4n) is 4.64. The molecule has 8 heteroatoms. The lowest BCUT2D eigenvalue weighted by Gasteiger charge is -2.42. The number of amides is 1. The molecule has 0 aromatic heterocycles. The number of nitrogens with one attached hydrogen (secondary N) is 2. The van der Waals surface area contributed by atoms with Crippen LogP contribution >= 0.6 is 0 Å². The first kappa shape index (κ1) is 19.8. The van der Waals surface area contributed by atoms with Gasteiger partial charge in [-0.2, -0.15) is 5.10 Å². The number of ether oxygens (including phenoxy) is 1. The predicted octanol–water partition coefficient (Wildman–Crippen LogP) is 2.71. The van der Waals surface area contributed by atoms with Gasteiger partial charge in [-0.15, -0.1) is 0 Å². The van der Waals surface area contributed by atoms with Crippen molar-refractivity contribution in [2.24, 2.45) is 5.10 Å². The van der Waals surface area contributed by atoms with Crippen LogP contribution in [0.3, 0.4) is 0 Å². The van der Waals surface area contributed by atoms with Crippen LogP contribution in [0.2, 0.25) is 0 Å². The average Bonchev–Trinajstić information content (AvgIpc) is 2.80. The Morgan fingerprint density at radius 2 is 2.06 bits per heavy atom. The molecule has 1 fully saturated rings. The molecule has 2 N–H and O–H groups in total. The van der Waals surface area contributed by atoms with Gasteiger partial charge >= 0.3 is 0 Å². The fourth-order valence-corrected chi connectivity index (χ4v) is 4.64. The van der Waals surface area contributed by atoms with Gasteiger partial charge in [0.2, 0.25) is 0 Å². The Hall–Kier alpha value is -3.13. The van der Waals surface area contributed by atoms with Gasteiger partial charge in [0.1, 0.15) is 24.2 Å². The number of halogens is 1. The molecule has 0 spiro atoms. The van der Waals surface area contributed by atoms with E-state index in [9.17, 15) is 9.18 Å². The van der Waals surface area contributed by atoms with Crippen LogP contribution in [0.15, 0.2) is 41.5 Å². The number of hydrazone groups is 1. The Morgan fingerprint density at radius 3 is 2.87 bits per heavy atom. The van der Waals surface area contributed by atoms with Gasteiger partial charge in [-0.05, 0) is 31.5 Å². The average molecular weight is 423 g/mol. The van der Waals surface area contributed by atoms with Gasteiger partial charge in [-0.3, -0.25) is 4.79 Å². The van der Waals surface area contributed by atoms with E-state index in [-0.39, 0.29) is 24.4 Å². The molecule has 0 bridgehead atoms. The summed E-state index contributed by atoms with van der Waals surface area (Å²) in [5.74, 6) is 0.864. The number of amidine groups is 1. The van der Waals surface area contributed by atoms with Gasteiger partial charge in [0.15, 0.2) is 5.84 Å². The normalized spacial score (nSPS) is 22.8. The predicted molar refractivity (Wildman–Crippen MR) is 119 cm³/mol. The van der Waals surface area contributed by atoms with Crippen molar-refractivity contribution in [3.05, 3.63) is 42.2 Å².